The molecule has 0 unspecified atom stereocenters. The molecule has 0 spiro atoms. The summed E-state index contributed by atoms with van der Waals surface area (Å²) < 4.78 is 19.0. The lowest BCUT2D eigenvalue weighted by Crippen LogP contribution is -2.31. The van der Waals surface area contributed by atoms with Crippen molar-refractivity contribution in [3.8, 4) is 0 Å². The minimum atomic E-state index is -0.476. The van der Waals surface area contributed by atoms with Gasteiger partial charge in [-0.3, -0.25) is 0 Å². The number of hydrogen-bond acceptors (Lipinski definition) is 2. The van der Waals surface area contributed by atoms with Gasteiger partial charge in [-0.25, -0.2) is 9.18 Å². The van der Waals surface area contributed by atoms with Crippen LogP contribution in [0.5, 0.6) is 0 Å². The first-order valence-electron chi connectivity index (χ1n) is 6.35. The molecule has 0 saturated carbocycles. The highest BCUT2D eigenvalue weighted by Crippen LogP contribution is 2.18. The summed E-state index contributed by atoms with van der Waals surface area (Å²) in [6.07, 6.45) is 0. The summed E-state index contributed by atoms with van der Waals surface area (Å²) in [6, 6.07) is 7.40. The first kappa shape index (κ1) is 14.1. The zero-order valence-electron chi connectivity index (χ0n) is 11.7. The van der Waals surface area contributed by atoms with E-state index in [0.717, 1.165) is 11.3 Å². The molecule has 1 aromatic heterocycles. The van der Waals surface area contributed by atoms with E-state index in [1.165, 1.54) is 6.07 Å². The molecule has 0 radical (unpaired) electrons. The molecule has 0 bridgehead atoms. The van der Waals surface area contributed by atoms with E-state index >= 15 is 0 Å². The van der Waals surface area contributed by atoms with Gasteiger partial charge in [-0.05, 0) is 50.6 Å². The molecule has 5 heteroatoms. The van der Waals surface area contributed by atoms with Crippen LogP contribution in [0.25, 0.3) is 0 Å². The molecule has 0 aliphatic heterocycles. The van der Waals surface area contributed by atoms with Crippen molar-refractivity contribution in [2.24, 2.45) is 0 Å². The van der Waals surface area contributed by atoms with Gasteiger partial charge >= 0.3 is 6.03 Å². The fraction of sp³-hybridized carbons (Fsp3) is 0.267. The highest BCUT2D eigenvalue weighted by molar-refractivity contribution is 5.89. The third-order valence-corrected chi connectivity index (χ3v) is 2.91. The van der Waals surface area contributed by atoms with E-state index in [1.807, 2.05) is 19.9 Å². The fourth-order valence-corrected chi connectivity index (χ4v) is 1.85. The summed E-state index contributed by atoms with van der Waals surface area (Å²) in [6.45, 7) is 5.46. The van der Waals surface area contributed by atoms with Crippen LogP contribution in [0, 0.1) is 19.7 Å². The van der Waals surface area contributed by atoms with E-state index in [-0.39, 0.29) is 11.7 Å². The predicted octanol–water partition coefficient (Wildman–Crippen LogP) is 3.92. The van der Waals surface area contributed by atoms with E-state index in [9.17, 15) is 9.18 Å². The maximum absolute atomic E-state index is 13.5. The van der Waals surface area contributed by atoms with Crippen LogP contribution >= 0.6 is 0 Å². The molecule has 1 aromatic carbocycles. The van der Waals surface area contributed by atoms with E-state index in [0.29, 0.717) is 5.76 Å². The number of rotatable bonds is 3. The summed E-state index contributed by atoms with van der Waals surface area (Å²) in [5.74, 6) is 0.966. The normalized spacial score (nSPS) is 12.0. The number of furan rings is 1. The molecule has 2 N–H and O–H groups in total. The molecular weight excluding hydrogens is 259 g/mol. The van der Waals surface area contributed by atoms with Crippen molar-refractivity contribution in [2.45, 2.75) is 26.8 Å². The molecule has 20 heavy (non-hydrogen) atoms. The number of nitrogens with one attached hydrogen (secondary N) is 2. The number of amides is 2. The first-order chi connectivity index (χ1) is 9.45. The van der Waals surface area contributed by atoms with Crippen molar-refractivity contribution in [1.29, 1.82) is 0 Å². The quantitative estimate of drug-likeness (QED) is 0.892. The van der Waals surface area contributed by atoms with Crippen LogP contribution in [0.4, 0.5) is 14.9 Å². The van der Waals surface area contributed by atoms with E-state index in [1.54, 1.807) is 25.1 Å². The third-order valence-electron chi connectivity index (χ3n) is 2.91. The average molecular weight is 276 g/mol. The Hall–Kier alpha value is -2.30. The Morgan fingerprint density at radius 2 is 2.00 bits per heavy atom. The van der Waals surface area contributed by atoms with Gasteiger partial charge in [0.1, 0.15) is 17.3 Å². The Morgan fingerprint density at radius 1 is 1.25 bits per heavy atom. The molecule has 2 aromatic rings. The summed E-state index contributed by atoms with van der Waals surface area (Å²) in [7, 11) is 0. The standard InChI is InChI=1S/C15H17FN2O2/c1-9-4-6-12(16)13(8-9)18-15(19)17-11(3)14-7-5-10(2)20-14/h4-8,11H,1-3H3,(H2,17,18,19)/t11-/m1/s1. The summed E-state index contributed by atoms with van der Waals surface area (Å²) in [5, 5.41) is 5.19. The average Bonchev–Trinajstić information content (AvgIpc) is 2.80. The minimum Gasteiger partial charge on any atom is -0.464 e. The maximum atomic E-state index is 13.5. The highest BCUT2D eigenvalue weighted by atomic mass is 19.1. The van der Waals surface area contributed by atoms with Crippen molar-refractivity contribution in [2.75, 3.05) is 5.32 Å². The molecule has 2 amide bonds. The topological polar surface area (TPSA) is 54.3 Å². The molecule has 0 aliphatic carbocycles. The number of urea groups is 1. The van der Waals surface area contributed by atoms with Crippen LogP contribution in [-0.2, 0) is 0 Å². The maximum Gasteiger partial charge on any atom is 0.319 e. The van der Waals surface area contributed by atoms with Gasteiger partial charge in [0.25, 0.3) is 0 Å². The van der Waals surface area contributed by atoms with E-state index < -0.39 is 11.8 Å². The summed E-state index contributed by atoms with van der Waals surface area (Å²) in [4.78, 5) is 11.8. The van der Waals surface area contributed by atoms with Crippen molar-refractivity contribution in [3.63, 3.8) is 0 Å². The number of halogens is 1. The number of anilines is 1. The van der Waals surface area contributed by atoms with Crippen LogP contribution in [-0.4, -0.2) is 6.03 Å². The van der Waals surface area contributed by atoms with Gasteiger partial charge in [0.15, 0.2) is 0 Å². The third kappa shape index (κ3) is 3.38. The molecule has 0 saturated heterocycles. The zero-order chi connectivity index (χ0) is 14.7. The lowest BCUT2D eigenvalue weighted by atomic mass is 10.2. The number of carbonyl (C=O) groups is 1. The number of hydrogen-bond donors (Lipinski definition) is 2. The fourth-order valence-electron chi connectivity index (χ4n) is 1.85. The van der Waals surface area contributed by atoms with Crippen LogP contribution in [0.3, 0.4) is 0 Å². The van der Waals surface area contributed by atoms with E-state index in [4.69, 9.17) is 4.42 Å². The van der Waals surface area contributed by atoms with Crippen LogP contribution < -0.4 is 10.6 Å². The second-order valence-corrected chi connectivity index (χ2v) is 4.75. The van der Waals surface area contributed by atoms with E-state index in [2.05, 4.69) is 10.6 Å². The SMILES string of the molecule is Cc1ccc(F)c(NC(=O)N[C@H](C)c2ccc(C)o2)c1. The van der Waals surface area contributed by atoms with Gasteiger partial charge in [-0.2, -0.15) is 0 Å². The second-order valence-electron chi connectivity index (χ2n) is 4.75. The van der Waals surface area contributed by atoms with Crippen LogP contribution in [0.2, 0.25) is 0 Å². The smallest absolute Gasteiger partial charge is 0.319 e. The zero-order valence-corrected chi connectivity index (χ0v) is 11.7. The molecule has 1 heterocycles. The van der Waals surface area contributed by atoms with Gasteiger partial charge in [0.05, 0.1) is 11.7 Å². The van der Waals surface area contributed by atoms with Crippen LogP contribution in [0.1, 0.15) is 30.0 Å². The number of aryl methyl sites for hydroxylation is 2. The molecule has 2 rings (SSSR count). The van der Waals surface area contributed by atoms with Crippen LogP contribution in [0.15, 0.2) is 34.7 Å². The van der Waals surface area contributed by atoms with Gasteiger partial charge < -0.3 is 15.1 Å². The lowest BCUT2D eigenvalue weighted by molar-refractivity contribution is 0.247. The van der Waals surface area contributed by atoms with Gasteiger partial charge in [0.2, 0.25) is 0 Å². The largest absolute Gasteiger partial charge is 0.464 e. The first-order valence-corrected chi connectivity index (χ1v) is 6.35. The van der Waals surface area contributed by atoms with Crippen molar-refractivity contribution >= 4 is 11.7 Å². The Balaban J connectivity index is 2.00. The van der Waals surface area contributed by atoms with Gasteiger partial charge in [-0.15, -0.1) is 0 Å². The molecule has 1 atom stereocenters. The Kier molecular flexibility index (Phi) is 4.08. The highest BCUT2D eigenvalue weighted by Gasteiger charge is 2.13. The molecular formula is C15H17FN2O2. The molecule has 4 nitrogen and oxygen atoms in total. The minimum absolute atomic E-state index is 0.158. The molecule has 0 aliphatic rings. The number of carbonyl (C=O) groups excluding carboxylic acids is 1. The summed E-state index contributed by atoms with van der Waals surface area (Å²) in [5.41, 5.74) is 1.03. The van der Waals surface area contributed by atoms with Gasteiger partial charge in [-0.1, -0.05) is 6.07 Å². The van der Waals surface area contributed by atoms with Crippen molar-refractivity contribution in [1.82, 2.24) is 5.32 Å². The predicted molar refractivity (Wildman–Crippen MR) is 75.2 cm³/mol. The Bertz CT molecular complexity index is 622. The monoisotopic (exact) mass is 276 g/mol. The van der Waals surface area contributed by atoms with Crippen molar-refractivity contribution < 1.29 is 13.6 Å². The number of benzene rings is 1. The molecule has 0 fully saturated rings. The van der Waals surface area contributed by atoms with Gasteiger partial charge in [0, 0.05) is 0 Å². The Labute approximate surface area is 117 Å². The lowest BCUT2D eigenvalue weighted by Gasteiger charge is -2.13. The summed E-state index contributed by atoms with van der Waals surface area (Å²) >= 11 is 0. The van der Waals surface area contributed by atoms with Crippen molar-refractivity contribution in [3.05, 3.63) is 53.2 Å². The Morgan fingerprint density at radius 3 is 2.65 bits per heavy atom. The second kappa shape index (κ2) is 5.77. The molecule has 106 valence electrons.